The van der Waals surface area contributed by atoms with E-state index in [0.29, 0.717) is 0 Å². The molecular weight excluding hydrogens is 107 g/mol. The highest BCUT2D eigenvalue weighted by molar-refractivity contribution is 7.86. The lowest BCUT2D eigenvalue weighted by Gasteiger charge is -1.75. The molecule has 0 saturated heterocycles. The lowest BCUT2D eigenvalue weighted by atomic mass is 11.0. The summed E-state index contributed by atoms with van der Waals surface area (Å²) in [6.07, 6.45) is 0. The quantitative estimate of drug-likeness (QED) is 0.450. The molecule has 0 aromatic carbocycles. The van der Waals surface area contributed by atoms with Crippen molar-refractivity contribution < 1.29 is 12.3 Å². The third-order valence-corrected chi connectivity index (χ3v) is 0.731. The molecule has 0 aliphatic heterocycles. The average molecular weight is 111 g/mol. The predicted octanol–water partition coefficient (Wildman–Crippen LogP) is 0.120. The van der Waals surface area contributed by atoms with E-state index in [1.807, 2.05) is 0 Å². The fourth-order valence-corrected chi connectivity index (χ4v) is 0. The summed E-state index contributed by atoms with van der Waals surface area (Å²) in [5.41, 5.74) is 0. The van der Waals surface area contributed by atoms with E-state index < -0.39 is 16.0 Å². The summed E-state index contributed by atoms with van der Waals surface area (Å²) in [5.74, 6) is -0.674. The first-order valence-corrected chi connectivity index (χ1v) is 2.83. The molecule has 0 saturated carbocycles. The van der Waals surface area contributed by atoms with E-state index in [0.717, 1.165) is 0 Å². The van der Waals surface area contributed by atoms with Crippen LogP contribution in [0.2, 0.25) is 0 Å². The van der Waals surface area contributed by atoms with Gasteiger partial charge in [-0.25, -0.2) is 0 Å². The van der Waals surface area contributed by atoms with Gasteiger partial charge in [0.05, 0.1) is 5.75 Å². The van der Waals surface area contributed by atoms with Crippen molar-refractivity contribution in [3.8, 4) is 0 Å². The van der Waals surface area contributed by atoms with E-state index in [9.17, 15) is 12.3 Å². The van der Waals surface area contributed by atoms with Gasteiger partial charge in [-0.2, -0.15) is 8.42 Å². The lowest BCUT2D eigenvalue weighted by molar-refractivity contribution is 0.555. The maximum atomic E-state index is 11.0. The van der Waals surface area contributed by atoms with E-state index >= 15 is 0 Å². The fraction of sp³-hybridized carbons (Fsp3) is 0.500. The minimum absolute atomic E-state index is 0.674. The van der Waals surface area contributed by atoms with Crippen LogP contribution in [0.3, 0.4) is 0 Å². The molecule has 0 N–H and O–H groups in total. The molecule has 0 amide bonds. The molecule has 1 radical (unpaired) electrons. The van der Waals surface area contributed by atoms with Gasteiger partial charge in [0, 0.05) is 0 Å². The Labute approximate surface area is 36.2 Å². The van der Waals surface area contributed by atoms with Gasteiger partial charge in [-0.05, 0) is 6.92 Å². The van der Waals surface area contributed by atoms with E-state index in [-0.39, 0.29) is 0 Å². The maximum absolute atomic E-state index is 11.0. The van der Waals surface area contributed by atoms with Crippen molar-refractivity contribution in [3.63, 3.8) is 0 Å². The average Bonchev–Trinajstić information content (AvgIpc) is 1.35. The monoisotopic (exact) mass is 111 g/mol. The number of hydrogen-bond acceptors (Lipinski definition) is 2. The number of halogens is 1. The van der Waals surface area contributed by atoms with Gasteiger partial charge in [0.25, 0.3) is 0 Å². The molecule has 0 aromatic rings. The van der Waals surface area contributed by atoms with E-state index in [1.165, 1.54) is 0 Å². The third-order valence-electron chi connectivity index (χ3n) is 0.244. The summed E-state index contributed by atoms with van der Waals surface area (Å²) in [7, 11) is -4.27. The first kappa shape index (κ1) is 5.88. The van der Waals surface area contributed by atoms with Crippen molar-refractivity contribution in [2.75, 3.05) is 5.75 Å². The second-order valence-electron chi connectivity index (χ2n) is 0.743. The molecule has 0 aliphatic carbocycles. The van der Waals surface area contributed by atoms with Crippen LogP contribution >= 0.6 is 0 Å². The molecular formula is C2H4FO2S. The molecule has 37 valence electrons. The standard InChI is InChI=1S/C2H4FO2S/c1-2-6(3,4)5/h1-2H2. The van der Waals surface area contributed by atoms with E-state index in [1.54, 1.807) is 0 Å². The molecule has 0 unspecified atom stereocenters. The molecule has 0 heterocycles. The van der Waals surface area contributed by atoms with Gasteiger partial charge in [-0.3, -0.25) is 0 Å². The van der Waals surface area contributed by atoms with Gasteiger partial charge in [0.15, 0.2) is 0 Å². The smallest absolute Gasteiger partial charge is 0.195 e. The predicted molar refractivity (Wildman–Crippen MR) is 20.3 cm³/mol. The summed E-state index contributed by atoms with van der Waals surface area (Å²) in [5, 5.41) is 0. The van der Waals surface area contributed by atoms with E-state index in [2.05, 4.69) is 6.92 Å². The summed E-state index contributed by atoms with van der Waals surface area (Å²) in [6.45, 7) is 2.79. The van der Waals surface area contributed by atoms with E-state index in [4.69, 9.17) is 0 Å². The molecule has 0 atom stereocenters. The highest BCUT2D eigenvalue weighted by atomic mass is 32.3. The number of rotatable bonds is 1. The zero-order valence-corrected chi connectivity index (χ0v) is 3.83. The molecule has 0 aromatic heterocycles. The Morgan fingerprint density at radius 3 is 1.83 bits per heavy atom. The normalized spacial score (nSPS) is 11.7. The SMILES string of the molecule is [CH2]CS(=O)(=O)F. The first-order chi connectivity index (χ1) is 2.56. The molecule has 0 spiro atoms. The van der Waals surface area contributed by atoms with Gasteiger partial charge in [0.2, 0.25) is 0 Å². The highest BCUT2D eigenvalue weighted by Gasteiger charge is 1.97. The summed E-state index contributed by atoms with van der Waals surface area (Å²) in [4.78, 5) is 0. The second kappa shape index (κ2) is 1.55. The Morgan fingerprint density at radius 2 is 1.83 bits per heavy atom. The van der Waals surface area contributed by atoms with Crippen LogP contribution in [0.15, 0.2) is 0 Å². The molecule has 0 bridgehead atoms. The zero-order valence-electron chi connectivity index (χ0n) is 3.02. The summed E-state index contributed by atoms with van der Waals surface area (Å²) >= 11 is 0. The van der Waals surface area contributed by atoms with Crippen LogP contribution in [0.1, 0.15) is 0 Å². The van der Waals surface area contributed by atoms with Crippen LogP contribution in [0.5, 0.6) is 0 Å². The Kier molecular flexibility index (Phi) is 1.52. The Bertz CT molecular complexity index is 114. The first-order valence-electron chi connectivity index (χ1n) is 1.28. The van der Waals surface area contributed by atoms with Crippen LogP contribution in [0.4, 0.5) is 3.89 Å². The molecule has 0 rings (SSSR count). The largest absolute Gasteiger partial charge is 0.302 e. The van der Waals surface area contributed by atoms with Gasteiger partial charge in [-0.1, -0.05) is 0 Å². The topological polar surface area (TPSA) is 34.1 Å². The lowest BCUT2D eigenvalue weighted by Crippen LogP contribution is -1.90. The highest BCUT2D eigenvalue weighted by Crippen LogP contribution is 1.84. The summed E-state index contributed by atoms with van der Waals surface area (Å²) < 4.78 is 29.6. The molecule has 6 heavy (non-hydrogen) atoms. The molecule has 0 fully saturated rings. The van der Waals surface area contributed by atoms with Gasteiger partial charge >= 0.3 is 10.2 Å². The van der Waals surface area contributed by atoms with Crippen molar-refractivity contribution in [3.05, 3.63) is 6.92 Å². The van der Waals surface area contributed by atoms with Crippen LogP contribution in [0.25, 0.3) is 0 Å². The zero-order chi connectivity index (χ0) is 5.21. The van der Waals surface area contributed by atoms with Crippen LogP contribution in [-0.4, -0.2) is 14.2 Å². The van der Waals surface area contributed by atoms with Gasteiger partial charge < -0.3 is 0 Å². The molecule has 2 nitrogen and oxygen atoms in total. The Morgan fingerprint density at radius 1 is 1.67 bits per heavy atom. The third kappa shape index (κ3) is 3.88. The van der Waals surface area contributed by atoms with Crippen molar-refractivity contribution in [2.24, 2.45) is 0 Å². The van der Waals surface area contributed by atoms with Crippen LogP contribution < -0.4 is 0 Å². The minimum Gasteiger partial charge on any atom is -0.195 e. The van der Waals surface area contributed by atoms with Crippen molar-refractivity contribution in [1.29, 1.82) is 0 Å². The van der Waals surface area contributed by atoms with Crippen molar-refractivity contribution in [2.45, 2.75) is 0 Å². The molecule has 0 aliphatic rings. The van der Waals surface area contributed by atoms with Gasteiger partial charge in [-0.15, -0.1) is 3.89 Å². The Hall–Kier alpha value is -0.120. The van der Waals surface area contributed by atoms with Crippen molar-refractivity contribution in [1.82, 2.24) is 0 Å². The van der Waals surface area contributed by atoms with Crippen LogP contribution in [-0.2, 0) is 10.2 Å². The summed E-state index contributed by atoms with van der Waals surface area (Å²) in [6, 6.07) is 0. The Balaban J connectivity index is 3.85. The maximum Gasteiger partial charge on any atom is 0.302 e. The van der Waals surface area contributed by atoms with Crippen LogP contribution in [0, 0.1) is 6.92 Å². The fourth-order valence-electron chi connectivity index (χ4n) is 0. The second-order valence-corrected chi connectivity index (χ2v) is 2.23. The number of hydrogen-bond donors (Lipinski definition) is 0. The molecule has 4 heteroatoms. The minimum atomic E-state index is -4.27. The van der Waals surface area contributed by atoms with Crippen molar-refractivity contribution >= 4 is 10.2 Å². The van der Waals surface area contributed by atoms with Gasteiger partial charge in [0.1, 0.15) is 0 Å².